The molecule has 1 aliphatic heterocycles. The Morgan fingerprint density at radius 2 is 1.91 bits per heavy atom. The maximum Gasteiger partial charge on any atom is 0.251 e. The van der Waals surface area contributed by atoms with E-state index in [1.807, 2.05) is 43.3 Å². The molecule has 1 saturated heterocycles. The zero-order valence-corrected chi connectivity index (χ0v) is 22.4. The SMILES string of the molecule is CCNC(=NCc1cccc(C(=O)NCCN(C)C)c1)N1CCN(c2cccs2)CC1.I. The van der Waals surface area contributed by atoms with Gasteiger partial charge in [0.25, 0.3) is 5.91 Å². The number of nitrogens with one attached hydrogen (secondary N) is 2. The molecule has 3 rings (SSSR count). The number of aliphatic imine (C=N–C) groups is 1. The highest BCUT2D eigenvalue weighted by Crippen LogP contribution is 2.22. The van der Waals surface area contributed by atoms with E-state index >= 15 is 0 Å². The van der Waals surface area contributed by atoms with E-state index in [-0.39, 0.29) is 29.9 Å². The van der Waals surface area contributed by atoms with Gasteiger partial charge in [-0.25, -0.2) is 4.99 Å². The van der Waals surface area contributed by atoms with Crippen LogP contribution in [0.1, 0.15) is 22.8 Å². The number of piperazine rings is 1. The fourth-order valence-corrected chi connectivity index (χ4v) is 4.27. The van der Waals surface area contributed by atoms with Crippen LogP contribution in [0.25, 0.3) is 0 Å². The lowest BCUT2D eigenvalue weighted by Gasteiger charge is -2.37. The van der Waals surface area contributed by atoms with Gasteiger partial charge in [0.1, 0.15) is 0 Å². The smallest absolute Gasteiger partial charge is 0.251 e. The monoisotopic (exact) mass is 570 g/mol. The Morgan fingerprint density at radius 3 is 2.56 bits per heavy atom. The fraction of sp³-hybridized carbons (Fsp3) is 0.478. The van der Waals surface area contributed by atoms with Crippen LogP contribution < -0.4 is 15.5 Å². The number of carbonyl (C=O) groups is 1. The third-order valence-corrected chi connectivity index (χ3v) is 6.11. The minimum absolute atomic E-state index is 0. The molecule has 2 aromatic rings. The van der Waals surface area contributed by atoms with Crippen molar-refractivity contribution >= 4 is 52.2 Å². The van der Waals surface area contributed by atoms with Gasteiger partial charge in [-0.1, -0.05) is 12.1 Å². The molecular formula is C23H35IN6OS. The number of hydrogen-bond acceptors (Lipinski definition) is 5. The Labute approximate surface area is 212 Å². The van der Waals surface area contributed by atoms with Crippen molar-refractivity contribution in [1.82, 2.24) is 20.4 Å². The van der Waals surface area contributed by atoms with Crippen molar-refractivity contribution in [2.24, 2.45) is 4.99 Å². The second-order valence-corrected chi connectivity index (χ2v) is 8.78. The molecule has 9 heteroatoms. The maximum absolute atomic E-state index is 12.4. The zero-order chi connectivity index (χ0) is 22.1. The Balaban J connectivity index is 0.00000363. The number of rotatable bonds is 8. The van der Waals surface area contributed by atoms with Gasteiger partial charge in [-0.3, -0.25) is 4.79 Å². The number of halogens is 1. The molecule has 1 aromatic carbocycles. The summed E-state index contributed by atoms with van der Waals surface area (Å²) in [6, 6.07) is 12.0. The number of likely N-dealkylation sites (N-methyl/N-ethyl adjacent to an activating group) is 1. The van der Waals surface area contributed by atoms with Gasteiger partial charge in [0.05, 0.1) is 11.5 Å². The average Bonchev–Trinajstić information content (AvgIpc) is 3.32. The second-order valence-electron chi connectivity index (χ2n) is 7.86. The highest BCUT2D eigenvalue weighted by molar-refractivity contribution is 14.0. The number of amides is 1. The van der Waals surface area contributed by atoms with E-state index < -0.39 is 0 Å². The van der Waals surface area contributed by atoms with Gasteiger partial charge in [0.2, 0.25) is 0 Å². The van der Waals surface area contributed by atoms with Gasteiger partial charge >= 0.3 is 0 Å². The van der Waals surface area contributed by atoms with Gasteiger partial charge in [0.15, 0.2) is 5.96 Å². The molecule has 32 heavy (non-hydrogen) atoms. The summed E-state index contributed by atoms with van der Waals surface area (Å²) < 4.78 is 0. The number of nitrogens with zero attached hydrogens (tertiary/aromatic N) is 4. The molecule has 1 aliphatic rings. The van der Waals surface area contributed by atoms with Crippen molar-refractivity contribution in [3.05, 3.63) is 52.9 Å². The van der Waals surface area contributed by atoms with Crippen LogP contribution in [-0.2, 0) is 6.54 Å². The average molecular weight is 571 g/mol. The highest BCUT2D eigenvalue weighted by Gasteiger charge is 2.20. The molecule has 0 radical (unpaired) electrons. The molecule has 2 N–H and O–H groups in total. The van der Waals surface area contributed by atoms with Crippen LogP contribution >= 0.6 is 35.3 Å². The Morgan fingerprint density at radius 1 is 1.12 bits per heavy atom. The minimum Gasteiger partial charge on any atom is -0.360 e. The minimum atomic E-state index is -0.0377. The van der Waals surface area contributed by atoms with Gasteiger partial charge in [-0.2, -0.15) is 0 Å². The Kier molecular flexibility index (Phi) is 11.3. The third kappa shape index (κ3) is 7.93. The van der Waals surface area contributed by atoms with Crippen molar-refractivity contribution in [3.63, 3.8) is 0 Å². The molecule has 1 aromatic heterocycles. The van der Waals surface area contributed by atoms with Crippen LogP contribution in [0.15, 0.2) is 46.8 Å². The second kappa shape index (κ2) is 13.6. The summed E-state index contributed by atoms with van der Waals surface area (Å²) in [5.74, 6) is 0.901. The Bertz CT molecular complexity index is 850. The summed E-state index contributed by atoms with van der Waals surface area (Å²) in [6.45, 7) is 8.80. The first kappa shape index (κ1) is 26.4. The lowest BCUT2D eigenvalue weighted by Crippen LogP contribution is -2.52. The predicted octanol–water partition coefficient (Wildman–Crippen LogP) is 2.95. The molecular weight excluding hydrogens is 535 g/mol. The van der Waals surface area contributed by atoms with Gasteiger partial charge in [-0.05, 0) is 56.2 Å². The molecule has 0 bridgehead atoms. The van der Waals surface area contributed by atoms with Crippen molar-refractivity contribution in [2.45, 2.75) is 13.5 Å². The van der Waals surface area contributed by atoms with Crippen molar-refractivity contribution < 1.29 is 4.79 Å². The van der Waals surface area contributed by atoms with Gasteiger partial charge in [-0.15, -0.1) is 35.3 Å². The van der Waals surface area contributed by atoms with E-state index in [2.05, 4.69) is 44.9 Å². The van der Waals surface area contributed by atoms with E-state index in [1.165, 1.54) is 5.00 Å². The first-order valence-corrected chi connectivity index (χ1v) is 11.8. The lowest BCUT2D eigenvalue weighted by atomic mass is 10.1. The molecule has 1 amide bonds. The van der Waals surface area contributed by atoms with E-state index in [9.17, 15) is 4.79 Å². The first-order valence-electron chi connectivity index (χ1n) is 10.9. The number of anilines is 1. The highest BCUT2D eigenvalue weighted by atomic mass is 127. The first-order chi connectivity index (χ1) is 15.1. The van der Waals surface area contributed by atoms with Crippen molar-refractivity contribution in [2.75, 3.05) is 64.8 Å². The number of thiophene rings is 1. The van der Waals surface area contributed by atoms with E-state index in [0.717, 1.165) is 50.8 Å². The summed E-state index contributed by atoms with van der Waals surface area (Å²) in [5.41, 5.74) is 1.72. The zero-order valence-electron chi connectivity index (χ0n) is 19.2. The Hall–Kier alpha value is -1.85. The summed E-state index contributed by atoms with van der Waals surface area (Å²) in [6.07, 6.45) is 0. The number of benzene rings is 1. The van der Waals surface area contributed by atoms with E-state index in [0.29, 0.717) is 18.7 Å². The van der Waals surface area contributed by atoms with E-state index in [4.69, 9.17) is 4.99 Å². The maximum atomic E-state index is 12.4. The van der Waals surface area contributed by atoms with Gasteiger partial charge in [0, 0.05) is 51.4 Å². The van der Waals surface area contributed by atoms with Crippen LogP contribution in [0.2, 0.25) is 0 Å². The fourth-order valence-electron chi connectivity index (χ4n) is 3.49. The summed E-state index contributed by atoms with van der Waals surface area (Å²) in [5, 5.41) is 9.86. The lowest BCUT2D eigenvalue weighted by molar-refractivity contribution is 0.0951. The summed E-state index contributed by atoms with van der Waals surface area (Å²) >= 11 is 1.79. The largest absolute Gasteiger partial charge is 0.360 e. The molecule has 0 spiro atoms. The molecule has 1 fully saturated rings. The van der Waals surface area contributed by atoms with Crippen LogP contribution in [0.5, 0.6) is 0 Å². The molecule has 0 atom stereocenters. The number of guanidine groups is 1. The molecule has 0 unspecified atom stereocenters. The molecule has 0 saturated carbocycles. The predicted molar refractivity (Wildman–Crippen MR) is 146 cm³/mol. The molecule has 7 nitrogen and oxygen atoms in total. The summed E-state index contributed by atoms with van der Waals surface area (Å²) in [4.78, 5) is 24.1. The van der Waals surface area contributed by atoms with E-state index in [1.54, 1.807) is 11.3 Å². The molecule has 176 valence electrons. The van der Waals surface area contributed by atoms with Crippen LogP contribution in [0, 0.1) is 0 Å². The normalized spacial score (nSPS) is 14.3. The number of hydrogen-bond donors (Lipinski definition) is 2. The topological polar surface area (TPSA) is 63.2 Å². The van der Waals surface area contributed by atoms with Crippen molar-refractivity contribution in [1.29, 1.82) is 0 Å². The molecule has 2 heterocycles. The van der Waals surface area contributed by atoms with Crippen LogP contribution in [-0.4, -0.2) is 81.6 Å². The molecule has 0 aliphatic carbocycles. The van der Waals surface area contributed by atoms with Gasteiger partial charge < -0.3 is 25.3 Å². The van der Waals surface area contributed by atoms with Crippen LogP contribution in [0.4, 0.5) is 5.00 Å². The summed E-state index contributed by atoms with van der Waals surface area (Å²) in [7, 11) is 3.99. The van der Waals surface area contributed by atoms with Crippen LogP contribution in [0.3, 0.4) is 0 Å². The quantitative estimate of drug-likeness (QED) is 0.291. The standard InChI is InChI=1S/C23H34N6OS.HI/c1-4-24-23(29-14-12-28(13-15-29)21-9-6-16-31-21)26-18-19-7-5-8-20(17-19)22(30)25-10-11-27(2)3;/h5-9,16-17H,4,10-15,18H2,1-3H3,(H,24,26)(H,25,30);1H. The number of carbonyl (C=O) groups excluding carboxylic acids is 1. The third-order valence-electron chi connectivity index (χ3n) is 5.18. The van der Waals surface area contributed by atoms with Crippen molar-refractivity contribution in [3.8, 4) is 0 Å².